The second-order valence-corrected chi connectivity index (χ2v) is 5.33. The number of aromatic nitrogens is 2. The van der Waals surface area contributed by atoms with E-state index in [4.69, 9.17) is 4.74 Å². The van der Waals surface area contributed by atoms with Gasteiger partial charge >= 0.3 is 0 Å². The Morgan fingerprint density at radius 3 is 3.00 bits per heavy atom. The summed E-state index contributed by atoms with van der Waals surface area (Å²) < 4.78 is 6.58. The third kappa shape index (κ3) is 3.48. The van der Waals surface area contributed by atoms with Crippen LogP contribution in [0.15, 0.2) is 16.9 Å². The Balaban J connectivity index is 2.03. The number of aryl methyl sites for hydroxylation is 1. The summed E-state index contributed by atoms with van der Waals surface area (Å²) in [6.45, 7) is 4.75. The fourth-order valence-corrected chi connectivity index (χ4v) is 2.27. The van der Waals surface area contributed by atoms with Crippen LogP contribution in [0.5, 0.6) is 0 Å². The number of carbonyl (C=O) groups excluding carboxylic acids is 1. The van der Waals surface area contributed by atoms with Gasteiger partial charge in [-0.2, -0.15) is 5.10 Å². The van der Waals surface area contributed by atoms with Crippen molar-refractivity contribution in [1.82, 2.24) is 15.1 Å². The molecule has 2 N–H and O–H groups in total. The standard InChI is InChI=1S/C14H21N3O4/c1-3-7-17-12(18)5-4-11(16-17)13(19)15-9-14(20)6-8-21-10(14)2/h4-5,10,20H,3,6-9H2,1-2H3,(H,15,19). The highest BCUT2D eigenvalue weighted by molar-refractivity contribution is 5.92. The van der Waals surface area contributed by atoms with Crippen LogP contribution in [-0.4, -0.2) is 45.7 Å². The summed E-state index contributed by atoms with van der Waals surface area (Å²) in [6.07, 6.45) is 0.920. The van der Waals surface area contributed by atoms with Crippen LogP contribution in [0.4, 0.5) is 0 Å². The molecular weight excluding hydrogens is 274 g/mol. The molecule has 7 heteroatoms. The summed E-state index contributed by atoms with van der Waals surface area (Å²) in [5, 5.41) is 17.0. The number of ether oxygens (including phenoxy) is 1. The second kappa shape index (κ2) is 6.36. The summed E-state index contributed by atoms with van der Waals surface area (Å²) in [5.41, 5.74) is -1.11. The number of amides is 1. The Hall–Kier alpha value is -1.73. The van der Waals surface area contributed by atoms with Crippen LogP contribution in [0, 0.1) is 0 Å². The summed E-state index contributed by atoms with van der Waals surface area (Å²) >= 11 is 0. The maximum absolute atomic E-state index is 12.1. The molecule has 0 bridgehead atoms. The molecule has 0 aromatic carbocycles. The normalized spacial score (nSPS) is 25.0. The zero-order chi connectivity index (χ0) is 15.5. The first-order chi connectivity index (χ1) is 9.96. The lowest BCUT2D eigenvalue weighted by Crippen LogP contribution is -2.47. The summed E-state index contributed by atoms with van der Waals surface area (Å²) in [4.78, 5) is 23.6. The third-order valence-corrected chi connectivity index (χ3v) is 3.75. The molecule has 2 atom stereocenters. The topological polar surface area (TPSA) is 93.5 Å². The van der Waals surface area contributed by atoms with E-state index in [0.717, 1.165) is 6.42 Å². The van der Waals surface area contributed by atoms with E-state index in [1.54, 1.807) is 6.92 Å². The smallest absolute Gasteiger partial charge is 0.271 e. The number of rotatable bonds is 5. The van der Waals surface area contributed by atoms with Crippen LogP contribution in [0.25, 0.3) is 0 Å². The minimum Gasteiger partial charge on any atom is -0.385 e. The summed E-state index contributed by atoms with van der Waals surface area (Å²) in [7, 11) is 0. The van der Waals surface area contributed by atoms with E-state index in [-0.39, 0.29) is 23.9 Å². The molecule has 7 nitrogen and oxygen atoms in total. The quantitative estimate of drug-likeness (QED) is 0.792. The first kappa shape index (κ1) is 15.7. The molecular formula is C14H21N3O4. The van der Waals surface area contributed by atoms with Crippen LogP contribution in [0.3, 0.4) is 0 Å². The van der Waals surface area contributed by atoms with Crippen molar-refractivity contribution in [2.75, 3.05) is 13.2 Å². The molecule has 2 heterocycles. The molecule has 1 aromatic rings. The Labute approximate surface area is 122 Å². The van der Waals surface area contributed by atoms with Gasteiger partial charge in [-0.05, 0) is 19.4 Å². The van der Waals surface area contributed by atoms with Gasteiger partial charge in [-0.3, -0.25) is 9.59 Å². The molecule has 0 spiro atoms. The highest BCUT2D eigenvalue weighted by atomic mass is 16.5. The fourth-order valence-electron chi connectivity index (χ4n) is 2.27. The van der Waals surface area contributed by atoms with E-state index < -0.39 is 11.5 Å². The molecule has 116 valence electrons. The zero-order valence-corrected chi connectivity index (χ0v) is 12.3. The average Bonchev–Trinajstić information content (AvgIpc) is 2.79. The molecule has 0 aliphatic carbocycles. The van der Waals surface area contributed by atoms with Crippen molar-refractivity contribution in [3.8, 4) is 0 Å². The number of aliphatic hydroxyl groups is 1. The predicted molar refractivity (Wildman–Crippen MR) is 76.1 cm³/mol. The molecule has 2 unspecified atom stereocenters. The van der Waals surface area contributed by atoms with Crippen molar-refractivity contribution in [3.05, 3.63) is 28.2 Å². The lowest BCUT2D eigenvalue weighted by atomic mass is 9.97. The number of hydrogen-bond acceptors (Lipinski definition) is 5. The van der Waals surface area contributed by atoms with Crippen LogP contribution < -0.4 is 10.9 Å². The van der Waals surface area contributed by atoms with E-state index >= 15 is 0 Å². The molecule has 1 aliphatic heterocycles. The molecule has 0 saturated carbocycles. The van der Waals surface area contributed by atoms with Gasteiger partial charge in [0.05, 0.1) is 6.10 Å². The number of nitrogens with one attached hydrogen (secondary N) is 1. The maximum atomic E-state index is 12.1. The zero-order valence-electron chi connectivity index (χ0n) is 12.3. The molecule has 2 rings (SSSR count). The van der Waals surface area contributed by atoms with Gasteiger partial charge < -0.3 is 15.2 Å². The maximum Gasteiger partial charge on any atom is 0.271 e. The van der Waals surface area contributed by atoms with E-state index in [9.17, 15) is 14.7 Å². The summed E-state index contributed by atoms with van der Waals surface area (Å²) in [6, 6.07) is 2.72. The SMILES string of the molecule is CCCn1nc(C(=O)NCC2(O)CCOC2C)ccc1=O. The van der Waals surface area contributed by atoms with Crippen molar-refractivity contribution in [3.63, 3.8) is 0 Å². The molecule has 1 aliphatic rings. The van der Waals surface area contributed by atoms with Crippen molar-refractivity contribution >= 4 is 5.91 Å². The minimum atomic E-state index is -1.05. The molecule has 1 aromatic heterocycles. The van der Waals surface area contributed by atoms with Crippen LogP contribution >= 0.6 is 0 Å². The van der Waals surface area contributed by atoms with Gasteiger partial charge in [0.1, 0.15) is 11.3 Å². The van der Waals surface area contributed by atoms with Crippen LogP contribution in [0.2, 0.25) is 0 Å². The Morgan fingerprint density at radius 2 is 2.38 bits per heavy atom. The van der Waals surface area contributed by atoms with Crippen molar-refractivity contribution < 1.29 is 14.6 Å². The van der Waals surface area contributed by atoms with E-state index in [2.05, 4.69) is 10.4 Å². The van der Waals surface area contributed by atoms with Crippen molar-refractivity contribution in [2.45, 2.75) is 44.9 Å². The Bertz CT molecular complexity index is 572. The van der Waals surface area contributed by atoms with Crippen LogP contribution in [-0.2, 0) is 11.3 Å². The highest BCUT2D eigenvalue weighted by Crippen LogP contribution is 2.24. The predicted octanol–water partition coefficient (Wildman–Crippen LogP) is -0.0770. The van der Waals surface area contributed by atoms with Gasteiger partial charge in [0, 0.05) is 32.2 Å². The fraction of sp³-hybridized carbons (Fsp3) is 0.643. The first-order valence-corrected chi connectivity index (χ1v) is 7.16. The van der Waals surface area contributed by atoms with Crippen LogP contribution in [0.1, 0.15) is 37.2 Å². The second-order valence-electron chi connectivity index (χ2n) is 5.33. The van der Waals surface area contributed by atoms with Gasteiger partial charge in [-0.25, -0.2) is 4.68 Å². The Kier molecular flexibility index (Phi) is 4.74. The molecule has 1 fully saturated rings. The van der Waals surface area contributed by atoms with Gasteiger partial charge in [0.15, 0.2) is 0 Å². The van der Waals surface area contributed by atoms with Crippen molar-refractivity contribution in [1.29, 1.82) is 0 Å². The molecule has 1 amide bonds. The molecule has 0 radical (unpaired) electrons. The van der Waals surface area contributed by atoms with E-state index in [1.807, 2.05) is 6.92 Å². The summed E-state index contributed by atoms with van der Waals surface area (Å²) in [5.74, 6) is -0.410. The van der Waals surface area contributed by atoms with Gasteiger partial charge in [0.2, 0.25) is 0 Å². The lowest BCUT2D eigenvalue weighted by molar-refractivity contribution is -0.0252. The highest BCUT2D eigenvalue weighted by Gasteiger charge is 2.39. The third-order valence-electron chi connectivity index (χ3n) is 3.75. The first-order valence-electron chi connectivity index (χ1n) is 7.16. The molecule has 21 heavy (non-hydrogen) atoms. The monoisotopic (exact) mass is 295 g/mol. The number of hydrogen-bond donors (Lipinski definition) is 2. The average molecular weight is 295 g/mol. The number of carbonyl (C=O) groups is 1. The van der Waals surface area contributed by atoms with Gasteiger partial charge in [-0.1, -0.05) is 6.92 Å². The minimum absolute atomic E-state index is 0.0988. The van der Waals surface area contributed by atoms with E-state index in [0.29, 0.717) is 19.6 Å². The van der Waals surface area contributed by atoms with Gasteiger partial charge in [-0.15, -0.1) is 0 Å². The van der Waals surface area contributed by atoms with E-state index in [1.165, 1.54) is 16.8 Å². The lowest BCUT2D eigenvalue weighted by Gasteiger charge is -2.26. The largest absolute Gasteiger partial charge is 0.385 e. The Morgan fingerprint density at radius 1 is 1.62 bits per heavy atom. The number of nitrogens with zero attached hydrogens (tertiary/aromatic N) is 2. The molecule has 1 saturated heterocycles. The van der Waals surface area contributed by atoms with Crippen molar-refractivity contribution in [2.24, 2.45) is 0 Å². The van der Waals surface area contributed by atoms with Gasteiger partial charge in [0.25, 0.3) is 11.5 Å².